The number of ether oxygens (including phenoxy) is 1. The fraction of sp³-hybridized carbons (Fsp3) is 0.880. The Morgan fingerprint density at radius 1 is 1.00 bits per heavy atom. The van der Waals surface area contributed by atoms with E-state index in [-0.39, 0.29) is 23.8 Å². The average molecular weight is 526 g/mol. The van der Waals surface area contributed by atoms with Gasteiger partial charge in [-0.3, -0.25) is 4.90 Å². The van der Waals surface area contributed by atoms with Crippen molar-refractivity contribution >= 4 is 16.1 Å². The van der Waals surface area contributed by atoms with Gasteiger partial charge in [0.1, 0.15) is 5.60 Å². The Morgan fingerprint density at radius 3 is 2.39 bits per heavy atom. The zero-order valence-electron chi connectivity index (χ0n) is 22.2. The van der Waals surface area contributed by atoms with E-state index in [0.29, 0.717) is 37.8 Å². The lowest BCUT2D eigenvalue weighted by Gasteiger charge is -2.35. The minimum absolute atomic E-state index is 0.240. The summed E-state index contributed by atoms with van der Waals surface area (Å²) in [6.07, 6.45) is 8.41. The predicted octanol–water partition coefficient (Wildman–Crippen LogP) is 3.60. The predicted molar refractivity (Wildman–Crippen MR) is 136 cm³/mol. The lowest BCUT2D eigenvalue weighted by Crippen LogP contribution is -2.50. The van der Waals surface area contributed by atoms with E-state index in [0.717, 1.165) is 64.6 Å². The van der Waals surface area contributed by atoms with Crippen LogP contribution >= 0.6 is 0 Å². The van der Waals surface area contributed by atoms with Gasteiger partial charge in [-0.05, 0) is 52.4 Å². The molecule has 10 nitrogen and oxygen atoms in total. The first-order valence-electron chi connectivity index (χ1n) is 13.6. The van der Waals surface area contributed by atoms with Gasteiger partial charge >= 0.3 is 6.09 Å². The van der Waals surface area contributed by atoms with Crippen molar-refractivity contribution in [1.82, 2.24) is 24.2 Å². The van der Waals surface area contributed by atoms with Crippen LogP contribution < -0.4 is 0 Å². The lowest BCUT2D eigenvalue weighted by molar-refractivity contribution is 0.0144. The molecule has 0 aromatic carbocycles. The van der Waals surface area contributed by atoms with Crippen LogP contribution in [0.2, 0.25) is 0 Å². The van der Waals surface area contributed by atoms with Crippen LogP contribution in [0.3, 0.4) is 0 Å². The number of hydrogen-bond acceptors (Lipinski definition) is 8. The van der Waals surface area contributed by atoms with Crippen molar-refractivity contribution < 1.29 is 22.5 Å². The highest BCUT2D eigenvalue weighted by Crippen LogP contribution is 2.34. The van der Waals surface area contributed by atoms with Gasteiger partial charge in [-0.1, -0.05) is 30.8 Å². The van der Waals surface area contributed by atoms with E-state index in [1.807, 2.05) is 20.8 Å². The third-order valence-corrected chi connectivity index (χ3v) is 9.47. The molecule has 1 saturated carbocycles. The maximum atomic E-state index is 13.3. The van der Waals surface area contributed by atoms with Gasteiger partial charge < -0.3 is 14.2 Å². The second kappa shape index (κ2) is 11.8. The van der Waals surface area contributed by atoms with Crippen LogP contribution in [-0.2, 0) is 21.2 Å². The molecule has 3 heterocycles. The van der Waals surface area contributed by atoms with Crippen molar-refractivity contribution in [1.29, 1.82) is 0 Å². The van der Waals surface area contributed by atoms with Crippen LogP contribution in [-0.4, -0.2) is 89.4 Å². The number of rotatable bonds is 7. The topological polar surface area (TPSA) is 109 Å². The van der Waals surface area contributed by atoms with Crippen molar-refractivity contribution in [2.45, 2.75) is 90.2 Å². The molecular weight excluding hydrogens is 482 g/mol. The number of sulfonamides is 1. The van der Waals surface area contributed by atoms with E-state index in [1.165, 1.54) is 6.42 Å². The van der Waals surface area contributed by atoms with Gasteiger partial charge in [-0.15, -0.1) is 0 Å². The molecule has 1 aliphatic carbocycles. The van der Waals surface area contributed by atoms with E-state index in [2.05, 4.69) is 15.0 Å². The maximum Gasteiger partial charge on any atom is 0.410 e. The third-order valence-electron chi connectivity index (χ3n) is 7.43. The number of nitrogens with zero attached hydrogens (tertiary/aromatic N) is 5. The van der Waals surface area contributed by atoms with Gasteiger partial charge in [0.2, 0.25) is 15.9 Å². The number of hydrogen-bond donors (Lipinski definition) is 0. The Morgan fingerprint density at radius 2 is 1.69 bits per heavy atom. The number of carbonyl (C=O) groups excluding carboxylic acids is 1. The summed E-state index contributed by atoms with van der Waals surface area (Å²) in [5.74, 6) is 1.54. The Bertz CT molecular complexity index is 962. The first kappa shape index (κ1) is 27.3. The molecule has 11 heteroatoms. The summed E-state index contributed by atoms with van der Waals surface area (Å²) in [6, 6.07) is -0.331. The van der Waals surface area contributed by atoms with Crippen LogP contribution in [0.25, 0.3) is 0 Å². The summed E-state index contributed by atoms with van der Waals surface area (Å²) in [6.45, 7) is 9.67. The van der Waals surface area contributed by atoms with E-state index < -0.39 is 15.6 Å². The molecule has 3 aliphatic rings. The molecule has 1 aromatic heterocycles. The number of piperidine rings is 1. The summed E-state index contributed by atoms with van der Waals surface area (Å²) in [7, 11) is -3.36. The largest absolute Gasteiger partial charge is 0.444 e. The average Bonchev–Trinajstić information content (AvgIpc) is 3.31. The van der Waals surface area contributed by atoms with E-state index in [4.69, 9.17) is 9.26 Å². The van der Waals surface area contributed by atoms with Crippen LogP contribution in [0, 0.1) is 5.92 Å². The Hall–Kier alpha value is -1.72. The van der Waals surface area contributed by atoms with Gasteiger partial charge in [-0.25, -0.2) is 13.2 Å². The summed E-state index contributed by atoms with van der Waals surface area (Å²) in [5, 5.41) is 4.20. The van der Waals surface area contributed by atoms with E-state index >= 15 is 0 Å². The molecule has 36 heavy (non-hydrogen) atoms. The standard InChI is InChI=1S/C25H43N5O5S/c1-25(2,3)34-24(31)29-17-15-28(16-18-29)14-12-22-26-23(27-35-22)21-11-7-8-13-30(21)36(32,33)19-20-9-5-4-6-10-20/h20-21H,4-19H2,1-3H3. The highest BCUT2D eigenvalue weighted by atomic mass is 32.2. The Balaban J connectivity index is 1.29. The molecule has 1 aromatic rings. The van der Waals surface area contributed by atoms with Crippen molar-refractivity contribution in [3.05, 3.63) is 11.7 Å². The van der Waals surface area contributed by atoms with Crippen LogP contribution in [0.4, 0.5) is 4.79 Å². The molecule has 2 aliphatic heterocycles. The Kier molecular flexibility index (Phi) is 8.93. The smallest absolute Gasteiger partial charge is 0.410 e. The van der Waals surface area contributed by atoms with Crippen molar-refractivity contribution in [3.63, 3.8) is 0 Å². The lowest BCUT2D eigenvalue weighted by atomic mass is 9.91. The maximum absolute atomic E-state index is 13.3. The van der Waals surface area contributed by atoms with Crippen molar-refractivity contribution in [2.24, 2.45) is 5.92 Å². The molecule has 1 unspecified atom stereocenters. The SMILES string of the molecule is CC(C)(C)OC(=O)N1CCN(CCc2nc(C3CCCCN3S(=O)(=O)CC3CCCCC3)no2)CC1. The van der Waals surface area contributed by atoms with E-state index in [1.54, 1.807) is 9.21 Å². The molecule has 1 atom stereocenters. The highest BCUT2D eigenvalue weighted by Gasteiger charge is 2.37. The van der Waals surface area contributed by atoms with Gasteiger partial charge in [0, 0.05) is 45.7 Å². The fourth-order valence-electron chi connectivity index (χ4n) is 5.48. The molecule has 0 bridgehead atoms. The van der Waals surface area contributed by atoms with Crippen LogP contribution in [0.15, 0.2) is 4.52 Å². The number of amides is 1. The minimum Gasteiger partial charge on any atom is -0.444 e. The molecule has 0 N–H and O–H groups in total. The molecule has 0 radical (unpaired) electrons. The normalized spacial score (nSPS) is 23.6. The second-order valence-corrected chi connectivity index (χ2v) is 13.5. The van der Waals surface area contributed by atoms with E-state index in [9.17, 15) is 13.2 Å². The van der Waals surface area contributed by atoms with Gasteiger partial charge in [-0.2, -0.15) is 9.29 Å². The van der Waals surface area contributed by atoms with Gasteiger partial charge in [0.05, 0.1) is 11.8 Å². The zero-order chi connectivity index (χ0) is 25.8. The molecular formula is C25H43N5O5S. The molecule has 3 fully saturated rings. The summed E-state index contributed by atoms with van der Waals surface area (Å²) < 4.78 is 39.3. The molecule has 4 rings (SSSR count). The number of carbonyl (C=O) groups is 1. The van der Waals surface area contributed by atoms with Gasteiger partial charge in [0.25, 0.3) is 0 Å². The molecule has 2 saturated heterocycles. The Labute approximate surface area is 215 Å². The van der Waals surface area contributed by atoms with Crippen molar-refractivity contribution in [3.8, 4) is 0 Å². The quantitative estimate of drug-likeness (QED) is 0.531. The molecule has 204 valence electrons. The summed E-state index contributed by atoms with van der Waals surface area (Å²) in [5.41, 5.74) is -0.493. The zero-order valence-corrected chi connectivity index (χ0v) is 23.0. The van der Waals surface area contributed by atoms with Crippen LogP contribution in [0.1, 0.15) is 89.9 Å². The molecule has 0 spiro atoms. The third kappa shape index (κ3) is 7.41. The number of aromatic nitrogens is 2. The summed E-state index contributed by atoms with van der Waals surface area (Å²) in [4.78, 5) is 20.9. The monoisotopic (exact) mass is 525 g/mol. The van der Waals surface area contributed by atoms with Gasteiger partial charge in [0.15, 0.2) is 5.82 Å². The van der Waals surface area contributed by atoms with Crippen molar-refractivity contribution in [2.75, 3.05) is 45.0 Å². The molecule has 1 amide bonds. The highest BCUT2D eigenvalue weighted by molar-refractivity contribution is 7.89. The number of piperazine rings is 1. The minimum atomic E-state index is -3.36. The first-order valence-corrected chi connectivity index (χ1v) is 15.2. The second-order valence-electron chi connectivity index (χ2n) is 11.5. The fourth-order valence-corrected chi connectivity index (χ4v) is 7.60. The summed E-state index contributed by atoms with van der Waals surface area (Å²) >= 11 is 0. The van der Waals surface area contributed by atoms with Crippen LogP contribution in [0.5, 0.6) is 0 Å². The first-order chi connectivity index (χ1) is 17.1.